The number of carbonyl (C=O) groups is 2. The number of hydrogen-bond donors (Lipinski definition) is 1. The Hall–Kier alpha value is -3.02. The standard InChI is InChI=1S/C20H21NO5/c1-25-16-9-5-8-15(10-16)17-11-21(12-18(17)19(22)23)20(24)26-13-14-6-3-2-4-7-14/h2-10,17-18H,11-13H2,1H3,(H,22,23). The predicted molar refractivity (Wildman–Crippen MR) is 95.1 cm³/mol. The molecule has 1 amide bonds. The summed E-state index contributed by atoms with van der Waals surface area (Å²) in [7, 11) is 1.57. The van der Waals surface area contributed by atoms with E-state index in [1.54, 1.807) is 13.2 Å². The van der Waals surface area contributed by atoms with Gasteiger partial charge in [0.05, 0.1) is 13.0 Å². The fourth-order valence-electron chi connectivity index (χ4n) is 3.22. The van der Waals surface area contributed by atoms with Crippen LogP contribution >= 0.6 is 0 Å². The Bertz CT molecular complexity index is 777. The molecule has 1 N–H and O–H groups in total. The molecule has 1 heterocycles. The molecule has 3 rings (SSSR count). The van der Waals surface area contributed by atoms with Crippen LogP contribution in [-0.2, 0) is 16.1 Å². The summed E-state index contributed by atoms with van der Waals surface area (Å²) in [5.74, 6) is -1.23. The van der Waals surface area contributed by atoms with Crippen molar-refractivity contribution >= 4 is 12.1 Å². The summed E-state index contributed by atoms with van der Waals surface area (Å²) in [5.41, 5.74) is 1.73. The Morgan fingerprint density at radius 1 is 1.12 bits per heavy atom. The number of hydrogen-bond acceptors (Lipinski definition) is 4. The second-order valence-corrected chi connectivity index (χ2v) is 6.27. The topological polar surface area (TPSA) is 76.1 Å². The van der Waals surface area contributed by atoms with Gasteiger partial charge in [-0.15, -0.1) is 0 Å². The minimum Gasteiger partial charge on any atom is -0.497 e. The Labute approximate surface area is 152 Å². The van der Waals surface area contributed by atoms with Gasteiger partial charge in [0, 0.05) is 19.0 Å². The number of rotatable bonds is 5. The third-order valence-corrected chi connectivity index (χ3v) is 4.62. The molecule has 6 heteroatoms. The molecule has 1 saturated heterocycles. The molecule has 2 aromatic carbocycles. The number of carboxylic acids is 1. The molecule has 0 radical (unpaired) electrons. The van der Waals surface area contributed by atoms with Crippen LogP contribution in [0.2, 0.25) is 0 Å². The van der Waals surface area contributed by atoms with Gasteiger partial charge in [-0.2, -0.15) is 0 Å². The molecule has 136 valence electrons. The first kappa shape index (κ1) is 17.8. The zero-order valence-corrected chi connectivity index (χ0v) is 14.5. The zero-order valence-electron chi connectivity index (χ0n) is 14.5. The highest BCUT2D eigenvalue weighted by molar-refractivity contribution is 5.75. The number of carboxylic acid groups (broad SMARTS) is 1. The summed E-state index contributed by atoms with van der Waals surface area (Å²) in [6, 6.07) is 16.7. The van der Waals surface area contributed by atoms with Gasteiger partial charge in [-0.1, -0.05) is 42.5 Å². The van der Waals surface area contributed by atoms with Gasteiger partial charge >= 0.3 is 12.1 Å². The molecular formula is C20H21NO5. The van der Waals surface area contributed by atoms with E-state index in [0.717, 1.165) is 11.1 Å². The fraction of sp³-hybridized carbons (Fsp3) is 0.300. The molecule has 0 spiro atoms. The van der Waals surface area contributed by atoms with Crippen LogP contribution in [0, 0.1) is 5.92 Å². The van der Waals surface area contributed by atoms with Crippen LogP contribution in [0.4, 0.5) is 4.79 Å². The van der Waals surface area contributed by atoms with Crippen LogP contribution in [0.1, 0.15) is 17.0 Å². The minimum atomic E-state index is -0.920. The summed E-state index contributed by atoms with van der Waals surface area (Å²) in [6.07, 6.45) is -0.495. The van der Waals surface area contributed by atoms with Crippen LogP contribution in [0.5, 0.6) is 5.75 Å². The van der Waals surface area contributed by atoms with Crippen molar-refractivity contribution in [1.82, 2.24) is 4.90 Å². The average Bonchev–Trinajstić information content (AvgIpc) is 3.13. The molecule has 2 aromatic rings. The van der Waals surface area contributed by atoms with Crippen molar-refractivity contribution in [2.24, 2.45) is 5.92 Å². The largest absolute Gasteiger partial charge is 0.497 e. The highest BCUT2D eigenvalue weighted by Gasteiger charge is 2.41. The van der Waals surface area contributed by atoms with Gasteiger partial charge in [0.25, 0.3) is 0 Å². The van der Waals surface area contributed by atoms with E-state index in [-0.39, 0.29) is 19.1 Å². The maximum Gasteiger partial charge on any atom is 0.410 e. The smallest absolute Gasteiger partial charge is 0.410 e. The minimum absolute atomic E-state index is 0.130. The number of amides is 1. The van der Waals surface area contributed by atoms with Crippen LogP contribution in [0.15, 0.2) is 54.6 Å². The predicted octanol–water partition coefficient (Wildman–Crippen LogP) is 3.13. The average molecular weight is 355 g/mol. The van der Waals surface area contributed by atoms with E-state index in [9.17, 15) is 14.7 Å². The van der Waals surface area contributed by atoms with Crippen molar-refractivity contribution in [1.29, 1.82) is 0 Å². The zero-order chi connectivity index (χ0) is 18.5. The molecule has 1 aliphatic rings. The number of ether oxygens (including phenoxy) is 2. The number of aliphatic carboxylic acids is 1. The molecule has 2 atom stereocenters. The molecule has 1 aliphatic heterocycles. The lowest BCUT2D eigenvalue weighted by molar-refractivity contribution is -0.141. The maximum atomic E-state index is 12.4. The van der Waals surface area contributed by atoms with Crippen LogP contribution in [0.25, 0.3) is 0 Å². The molecular weight excluding hydrogens is 334 g/mol. The molecule has 2 unspecified atom stereocenters. The molecule has 0 aliphatic carbocycles. The Kier molecular flexibility index (Phi) is 5.41. The number of benzene rings is 2. The summed E-state index contributed by atoms with van der Waals surface area (Å²) in [4.78, 5) is 25.5. The van der Waals surface area contributed by atoms with Crippen molar-refractivity contribution in [2.45, 2.75) is 12.5 Å². The second-order valence-electron chi connectivity index (χ2n) is 6.27. The number of carbonyl (C=O) groups excluding carboxylic acids is 1. The van der Waals surface area contributed by atoms with Crippen LogP contribution < -0.4 is 4.74 Å². The molecule has 6 nitrogen and oxygen atoms in total. The van der Waals surface area contributed by atoms with Crippen molar-refractivity contribution in [3.05, 3.63) is 65.7 Å². The molecule has 26 heavy (non-hydrogen) atoms. The van der Waals surface area contributed by atoms with E-state index in [1.807, 2.05) is 48.5 Å². The second kappa shape index (κ2) is 7.91. The monoisotopic (exact) mass is 355 g/mol. The number of methoxy groups -OCH3 is 1. The Balaban J connectivity index is 1.70. The van der Waals surface area contributed by atoms with E-state index in [1.165, 1.54) is 4.90 Å². The normalized spacial score (nSPS) is 19.2. The molecule has 1 fully saturated rings. The molecule has 0 bridgehead atoms. The first-order valence-electron chi connectivity index (χ1n) is 8.41. The van der Waals surface area contributed by atoms with Gasteiger partial charge in [-0.05, 0) is 23.3 Å². The number of likely N-dealkylation sites (tertiary alicyclic amines) is 1. The lowest BCUT2D eigenvalue weighted by Crippen LogP contribution is -2.30. The van der Waals surface area contributed by atoms with Crippen molar-refractivity contribution in [3.8, 4) is 5.75 Å². The SMILES string of the molecule is COc1cccc(C2CN(C(=O)OCc3ccccc3)CC2C(=O)O)c1. The Morgan fingerprint density at radius 3 is 2.58 bits per heavy atom. The number of nitrogens with zero attached hydrogens (tertiary/aromatic N) is 1. The van der Waals surface area contributed by atoms with E-state index in [0.29, 0.717) is 12.3 Å². The first-order valence-corrected chi connectivity index (χ1v) is 8.41. The summed E-state index contributed by atoms with van der Waals surface area (Å²) >= 11 is 0. The van der Waals surface area contributed by atoms with Gasteiger partial charge in [0.1, 0.15) is 12.4 Å². The van der Waals surface area contributed by atoms with E-state index < -0.39 is 18.0 Å². The lowest BCUT2D eigenvalue weighted by atomic mass is 9.89. The van der Waals surface area contributed by atoms with Crippen molar-refractivity contribution in [2.75, 3.05) is 20.2 Å². The Morgan fingerprint density at radius 2 is 1.88 bits per heavy atom. The van der Waals surface area contributed by atoms with Gasteiger partial charge in [-0.3, -0.25) is 4.79 Å². The maximum absolute atomic E-state index is 12.4. The van der Waals surface area contributed by atoms with Crippen molar-refractivity contribution < 1.29 is 24.2 Å². The molecule has 0 saturated carbocycles. The lowest BCUT2D eigenvalue weighted by Gasteiger charge is -2.17. The highest BCUT2D eigenvalue weighted by atomic mass is 16.6. The third-order valence-electron chi connectivity index (χ3n) is 4.62. The summed E-state index contributed by atoms with van der Waals surface area (Å²) in [5, 5.41) is 9.57. The van der Waals surface area contributed by atoms with E-state index in [4.69, 9.17) is 9.47 Å². The van der Waals surface area contributed by atoms with Gasteiger partial charge < -0.3 is 19.5 Å². The summed E-state index contributed by atoms with van der Waals surface area (Å²) in [6.45, 7) is 0.598. The van der Waals surface area contributed by atoms with Gasteiger partial charge in [0.2, 0.25) is 0 Å². The first-order chi connectivity index (χ1) is 12.6. The summed E-state index contributed by atoms with van der Waals surface area (Å²) < 4.78 is 10.6. The third kappa shape index (κ3) is 3.96. The van der Waals surface area contributed by atoms with E-state index in [2.05, 4.69) is 0 Å². The molecule has 0 aromatic heterocycles. The van der Waals surface area contributed by atoms with Gasteiger partial charge in [-0.25, -0.2) is 4.79 Å². The van der Waals surface area contributed by atoms with Gasteiger partial charge in [0.15, 0.2) is 0 Å². The van der Waals surface area contributed by atoms with E-state index >= 15 is 0 Å². The fourth-order valence-corrected chi connectivity index (χ4v) is 3.22. The van der Waals surface area contributed by atoms with Crippen LogP contribution in [0.3, 0.4) is 0 Å². The van der Waals surface area contributed by atoms with Crippen LogP contribution in [-0.4, -0.2) is 42.3 Å². The quantitative estimate of drug-likeness (QED) is 0.892. The van der Waals surface area contributed by atoms with Crippen molar-refractivity contribution in [3.63, 3.8) is 0 Å². The highest BCUT2D eigenvalue weighted by Crippen LogP contribution is 2.34.